The van der Waals surface area contributed by atoms with Crippen LogP contribution < -0.4 is 19.7 Å². The molecule has 2 heterocycles. The van der Waals surface area contributed by atoms with Gasteiger partial charge in [-0.2, -0.15) is 0 Å². The van der Waals surface area contributed by atoms with Crippen molar-refractivity contribution < 1.29 is 14.2 Å². The Labute approximate surface area is 378 Å². The third-order valence-corrected chi connectivity index (χ3v) is 18.0. The van der Waals surface area contributed by atoms with E-state index in [1.54, 1.807) is 6.82 Å². The van der Waals surface area contributed by atoms with E-state index in [0.717, 1.165) is 44.6 Å². The van der Waals surface area contributed by atoms with Crippen LogP contribution in [0.1, 0.15) is 49.6 Å². The molecule has 9 heteroatoms. The average Bonchev–Trinajstić information content (AvgIpc) is 3.96. The number of carbonyl (C=O) groups is 1. The van der Waals surface area contributed by atoms with Gasteiger partial charge in [0, 0.05) is 24.5 Å². The number of benzene rings is 7. The van der Waals surface area contributed by atoms with Crippen molar-refractivity contribution in [2.75, 3.05) is 18.0 Å². The molecule has 64 heavy (non-hydrogen) atoms. The maximum Gasteiger partial charge on any atom is 0.377 e. The molecule has 1 fully saturated rings. The summed E-state index contributed by atoms with van der Waals surface area (Å²) in [6, 6.07) is 64.9. The molecule has 0 saturated carbocycles. The topological polar surface area (TPSA) is 70.8 Å². The molecule has 1 atom stereocenters. The Balaban J connectivity index is 1.00. The van der Waals surface area contributed by atoms with Crippen LogP contribution in [0.15, 0.2) is 201 Å². The molecule has 8 aromatic rings. The number of anilines is 1. The molecule has 1 aliphatic rings. The average molecular weight is 859 g/mol. The van der Waals surface area contributed by atoms with Crippen molar-refractivity contribution in [3.8, 4) is 5.75 Å². The van der Waals surface area contributed by atoms with Crippen LogP contribution in [0.2, 0.25) is 11.9 Å². The van der Waals surface area contributed by atoms with Gasteiger partial charge < -0.3 is 23.7 Å². The van der Waals surface area contributed by atoms with E-state index in [0.29, 0.717) is 25.9 Å². The van der Waals surface area contributed by atoms with Gasteiger partial charge in [-0.15, -0.1) is 0 Å². The normalized spacial score (nSPS) is 14.6. The van der Waals surface area contributed by atoms with Crippen LogP contribution >= 0.6 is 0 Å². The van der Waals surface area contributed by atoms with E-state index in [1.807, 2.05) is 46.4 Å². The number of fused-ring (bicyclic) bond motifs is 1. The van der Waals surface area contributed by atoms with E-state index in [1.165, 1.54) is 10.4 Å². The Hall–Kier alpha value is -6.52. The Morgan fingerprint density at radius 3 is 1.77 bits per heavy atom. The van der Waals surface area contributed by atoms with Crippen molar-refractivity contribution in [2.24, 2.45) is 0 Å². The monoisotopic (exact) mass is 858 g/mol. The predicted molar refractivity (Wildman–Crippen MR) is 264 cm³/mol. The smallest absolute Gasteiger partial charge is 0.377 e. The molecule has 7 nitrogen and oxygen atoms in total. The van der Waals surface area contributed by atoms with Crippen LogP contribution in [0.4, 0.5) is 5.69 Å². The van der Waals surface area contributed by atoms with Crippen molar-refractivity contribution in [3.05, 3.63) is 223 Å². The first-order valence-electron chi connectivity index (χ1n) is 22.4. The van der Waals surface area contributed by atoms with Gasteiger partial charge in [-0.3, -0.25) is 4.79 Å². The Bertz CT molecular complexity index is 2680. The molecule has 0 radical (unpaired) electrons. The Morgan fingerprint density at radius 1 is 0.719 bits per heavy atom. The lowest BCUT2D eigenvalue weighted by Gasteiger charge is -2.43. The van der Waals surface area contributed by atoms with Crippen LogP contribution in [0, 0.1) is 0 Å². The fraction of sp³-hybridized carbons (Fsp3) is 0.200. The van der Waals surface area contributed by atoms with Gasteiger partial charge in [0.15, 0.2) is 0 Å². The quantitative estimate of drug-likeness (QED) is 0.0872. The minimum atomic E-state index is -2.90. The summed E-state index contributed by atoms with van der Waals surface area (Å²) in [6.07, 6.45) is 5.18. The minimum Gasteiger partial charge on any atom is -0.534 e. The molecule has 0 spiro atoms. The first-order valence-corrected chi connectivity index (χ1v) is 24.3. The molecular weight excluding hydrogens is 804 g/mol. The Kier molecular flexibility index (Phi) is 12.0. The van der Waals surface area contributed by atoms with Crippen molar-refractivity contribution in [3.63, 3.8) is 0 Å². The molecule has 7 aromatic carbocycles. The third-order valence-electron chi connectivity index (χ3n) is 13.1. The minimum absolute atomic E-state index is 0.0199. The number of rotatable bonds is 14. The largest absolute Gasteiger partial charge is 0.534 e. The highest BCUT2D eigenvalue weighted by atomic mass is 28.4. The van der Waals surface area contributed by atoms with Crippen molar-refractivity contribution in [1.82, 2.24) is 14.4 Å². The summed E-state index contributed by atoms with van der Waals surface area (Å²) in [5.74, 6) is 0.756. The summed E-state index contributed by atoms with van der Waals surface area (Å²) in [4.78, 5) is 23.5. The number of imidazole rings is 1. The second-order valence-corrected chi connectivity index (χ2v) is 22.1. The molecule has 0 unspecified atom stereocenters. The van der Waals surface area contributed by atoms with E-state index >= 15 is 0 Å². The maximum absolute atomic E-state index is 14.7. The van der Waals surface area contributed by atoms with E-state index < -0.39 is 26.9 Å². The lowest BCUT2D eigenvalue weighted by Crippen LogP contribution is -2.68. The molecule has 320 valence electrons. The number of nitrogens with zero attached hydrogens (tertiary/aromatic N) is 4. The zero-order chi connectivity index (χ0) is 44.3. The van der Waals surface area contributed by atoms with E-state index in [9.17, 15) is 9.82 Å². The zero-order valence-corrected chi connectivity index (χ0v) is 38.1. The van der Waals surface area contributed by atoms with E-state index in [-0.39, 0.29) is 10.9 Å². The molecule has 1 N–H and O–H groups in total. The summed E-state index contributed by atoms with van der Waals surface area (Å²) in [7, 11) is -3.74. The van der Waals surface area contributed by atoms with Crippen LogP contribution in [0.5, 0.6) is 5.75 Å². The number of aromatic nitrogens is 2. The second kappa shape index (κ2) is 17.9. The highest BCUT2D eigenvalue weighted by Crippen LogP contribution is 2.42. The van der Waals surface area contributed by atoms with Gasteiger partial charge in [0.05, 0.1) is 23.8 Å². The van der Waals surface area contributed by atoms with Gasteiger partial charge in [-0.05, 0) is 75.5 Å². The summed E-state index contributed by atoms with van der Waals surface area (Å²) in [5, 5.41) is 15.5. The molecule has 9 rings (SSSR count). The van der Waals surface area contributed by atoms with Crippen molar-refractivity contribution in [1.29, 1.82) is 0 Å². The summed E-state index contributed by atoms with van der Waals surface area (Å²) in [5.41, 5.74) is 4.41. The molecule has 0 bridgehead atoms. The first kappa shape index (κ1) is 42.8. The van der Waals surface area contributed by atoms with Gasteiger partial charge in [0.25, 0.3) is 0 Å². The highest BCUT2D eigenvalue weighted by Gasteiger charge is 2.52. The first-order chi connectivity index (χ1) is 31.1. The van der Waals surface area contributed by atoms with Crippen LogP contribution in [0.25, 0.3) is 10.8 Å². The summed E-state index contributed by atoms with van der Waals surface area (Å²) in [6.45, 7) is 9.59. The lowest BCUT2D eigenvalue weighted by molar-refractivity contribution is -0.120. The number of carbonyl (C=O) groups excluding carboxylic acids is 1. The second-order valence-electron chi connectivity index (χ2n) is 17.9. The van der Waals surface area contributed by atoms with Crippen LogP contribution in [0.3, 0.4) is 0 Å². The van der Waals surface area contributed by atoms with Crippen LogP contribution in [-0.4, -0.2) is 59.8 Å². The van der Waals surface area contributed by atoms with Gasteiger partial charge in [0.1, 0.15) is 11.3 Å². The zero-order valence-electron chi connectivity index (χ0n) is 37.1. The molecule has 1 amide bonds. The molecule has 1 aromatic heterocycles. The maximum atomic E-state index is 14.7. The molecule has 0 aliphatic carbocycles. The van der Waals surface area contributed by atoms with Gasteiger partial charge in [0.2, 0.25) is 5.91 Å². The summed E-state index contributed by atoms with van der Waals surface area (Å²) < 4.78 is 9.65. The predicted octanol–water partition coefficient (Wildman–Crippen LogP) is 9.58. The SMILES string of the molecule is CB(O)N(CCc1cn(C(c2ccccc2)(c2ccccc2)c2ccccc2)cn1)[C@H]1CCN(c2cccc3ccc(O[Si](c4ccccc4)(c4ccccc4)C(C)(C)C)cc23)C1=O. The Morgan fingerprint density at radius 2 is 1.25 bits per heavy atom. The highest BCUT2D eigenvalue weighted by molar-refractivity contribution is 7.00. The molecular formula is C55H55BN4O3Si. The number of hydrogen-bond donors (Lipinski definition) is 1. The lowest BCUT2D eigenvalue weighted by atomic mass is 9.77. The number of hydrogen-bond acceptors (Lipinski definition) is 5. The van der Waals surface area contributed by atoms with Gasteiger partial charge in [-0.1, -0.05) is 191 Å². The summed E-state index contributed by atoms with van der Waals surface area (Å²) >= 11 is 0. The number of amides is 1. The van der Waals surface area contributed by atoms with E-state index in [2.05, 4.69) is 189 Å². The third kappa shape index (κ3) is 7.78. The molecule has 1 aliphatic heterocycles. The fourth-order valence-corrected chi connectivity index (χ4v) is 14.5. The van der Waals surface area contributed by atoms with Crippen molar-refractivity contribution in [2.45, 2.75) is 57.1 Å². The standard InChI is InChI=1S/C55H55BN4O3Si/c1-54(2,3)64(48-28-16-8-17-29-48,49-30-18-9-19-31-49)63-47-34-33-42-21-20-32-51(50(42)39-47)59-37-36-52(53(59)61)60(56(4)62)38-35-46-40-58(41-57-46)55(43-22-10-5-11-23-43,44-24-12-6-13-25-44)45-26-14-7-15-27-45/h5-34,39-41,52,62H,35-38H2,1-4H3/t52-/m0/s1. The van der Waals surface area contributed by atoms with Gasteiger partial charge in [-0.25, -0.2) is 4.98 Å². The van der Waals surface area contributed by atoms with Gasteiger partial charge >= 0.3 is 15.4 Å². The fourth-order valence-electron chi connectivity index (χ4n) is 10.1. The van der Waals surface area contributed by atoms with Crippen LogP contribution in [-0.2, 0) is 16.8 Å². The molecule has 1 saturated heterocycles. The van der Waals surface area contributed by atoms with E-state index in [4.69, 9.17) is 9.41 Å². The van der Waals surface area contributed by atoms with Crippen molar-refractivity contribution >= 4 is 48.1 Å².